The third kappa shape index (κ3) is 11.2. The van der Waals surface area contributed by atoms with Gasteiger partial charge in [-0.2, -0.15) is 4.31 Å². The molecule has 0 radical (unpaired) electrons. The summed E-state index contributed by atoms with van der Waals surface area (Å²) in [7, 11) is -4.45. The lowest BCUT2D eigenvalue weighted by Crippen LogP contribution is -2.54. The molecule has 0 saturated heterocycles. The van der Waals surface area contributed by atoms with Gasteiger partial charge in [0.15, 0.2) is 0 Å². The lowest BCUT2D eigenvalue weighted by Gasteiger charge is -2.39. The monoisotopic (exact) mass is 688 g/mol. The molecule has 0 bridgehead atoms. The Kier molecular flexibility index (Phi) is 13.0. The number of hydrogen-bond donors (Lipinski definition) is 3. The highest BCUT2D eigenvalue weighted by Crippen LogP contribution is 2.32. The Balaban J connectivity index is 1.70. The third-order valence-electron chi connectivity index (χ3n) is 8.39. The van der Waals surface area contributed by atoms with E-state index in [2.05, 4.69) is 34.5 Å². The minimum Gasteiger partial charge on any atom is -0.465 e. The Morgan fingerprint density at radius 1 is 0.857 bits per heavy atom. The van der Waals surface area contributed by atoms with Gasteiger partial charge in [-0.25, -0.2) is 13.2 Å². The Labute approximate surface area is 288 Å². The number of non-ortho nitro benzene ring substituents is 1. The van der Waals surface area contributed by atoms with E-state index >= 15 is 0 Å². The van der Waals surface area contributed by atoms with Crippen LogP contribution in [0, 0.1) is 15.5 Å². The van der Waals surface area contributed by atoms with Crippen LogP contribution >= 0.6 is 0 Å². The molecule has 1 amide bonds. The van der Waals surface area contributed by atoms with Gasteiger partial charge in [0.25, 0.3) is 5.69 Å². The summed E-state index contributed by atoms with van der Waals surface area (Å²) < 4.78 is 30.2. The fourth-order valence-corrected chi connectivity index (χ4v) is 7.63. The minimum absolute atomic E-state index is 0.0514. The van der Waals surface area contributed by atoms with E-state index in [-0.39, 0.29) is 23.5 Å². The molecule has 0 aromatic heterocycles. The van der Waals surface area contributed by atoms with Gasteiger partial charge in [-0.1, -0.05) is 111 Å². The zero-order valence-electron chi connectivity index (χ0n) is 27.8. The summed E-state index contributed by atoms with van der Waals surface area (Å²) in [4.78, 5) is 24.4. The van der Waals surface area contributed by atoms with Crippen molar-refractivity contribution in [3.63, 3.8) is 0 Å². The van der Waals surface area contributed by atoms with Crippen LogP contribution in [0.3, 0.4) is 0 Å². The van der Waals surface area contributed by atoms with E-state index in [1.54, 1.807) is 24.3 Å². The van der Waals surface area contributed by atoms with Crippen LogP contribution in [-0.4, -0.2) is 70.6 Å². The van der Waals surface area contributed by atoms with E-state index in [1.807, 2.05) is 56.3 Å². The average Bonchev–Trinajstić information content (AvgIpc) is 3.09. The minimum atomic E-state index is -4.45. The second kappa shape index (κ2) is 17.2. The van der Waals surface area contributed by atoms with Crippen molar-refractivity contribution in [1.29, 1.82) is 0 Å². The number of nitro benzene ring substituents is 1. The van der Waals surface area contributed by atoms with Gasteiger partial charge in [-0.05, 0) is 47.6 Å². The number of carboxylic acid groups (broad SMARTS) is 1. The summed E-state index contributed by atoms with van der Waals surface area (Å²) in [5.74, 6) is 0. The number of hydrogen-bond acceptors (Lipinski definition) is 7. The number of benzene rings is 4. The molecule has 4 aromatic carbocycles. The molecule has 4 aromatic rings. The van der Waals surface area contributed by atoms with Crippen molar-refractivity contribution in [3.8, 4) is 0 Å². The molecule has 4 rings (SSSR count). The van der Waals surface area contributed by atoms with Crippen LogP contribution < -0.4 is 5.32 Å². The van der Waals surface area contributed by atoms with E-state index in [0.29, 0.717) is 26.1 Å². The van der Waals surface area contributed by atoms with Crippen molar-refractivity contribution in [2.75, 3.05) is 19.6 Å². The van der Waals surface area contributed by atoms with Gasteiger partial charge in [0.2, 0.25) is 10.0 Å². The maximum Gasteiger partial charge on any atom is 0.404 e. The van der Waals surface area contributed by atoms with Gasteiger partial charge in [0.1, 0.15) is 0 Å². The van der Waals surface area contributed by atoms with E-state index in [4.69, 9.17) is 0 Å². The van der Waals surface area contributed by atoms with Gasteiger partial charge in [-0.15, -0.1) is 0 Å². The SMILES string of the molecule is CC(C)(CCN(Cc1ccccc1)Cc1ccccc1)CN(C(Cc1ccccc1)C(O)CNC(=O)O)S(=O)(=O)c1cccc([N+](=O)[O-])c1. The van der Waals surface area contributed by atoms with Gasteiger partial charge in [-0.3, -0.25) is 15.0 Å². The fourth-order valence-electron chi connectivity index (χ4n) is 5.75. The second-order valence-corrected chi connectivity index (χ2v) is 14.8. The van der Waals surface area contributed by atoms with Crippen LogP contribution in [-0.2, 0) is 29.5 Å². The molecule has 0 aliphatic carbocycles. The first-order valence-electron chi connectivity index (χ1n) is 16.1. The number of aliphatic hydroxyl groups is 1. The molecule has 0 aliphatic heterocycles. The summed E-state index contributed by atoms with van der Waals surface area (Å²) >= 11 is 0. The smallest absolute Gasteiger partial charge is 0.404 e. The molecule has 0 fully saturated rings. The van der Waals surface area contributed by atoms with Crippen LogP contribution in [0.2, 0.25) is 0 Å². The summed E-state index contributed by atoms with van der Waals surface area (Å²) in [6, 6.07) is 32.9. The van der Waals surface area contributed by atoms with E-state index in [1.165, 1.54) is 22.5 Å². The third-order valence-corrected chi connectivity index (χ3v) is 10.3. The van der Waals surface area contributed by atoms with Crippen molar-refractivity contribution >= 4 is 21.8 Å². The van der Waals surface area contributed by atoms with Crippen LogP contribution in [0.1, 0.15) is 37.0 Å². The molecular weight excluding hydrogens is 644 g/mol. The number of rotatable bonds is 18. The quantitative estimate of drug-likeness (QED) is 0.0857. The zero-order chi connectivity index (χ0) is 35.4. The number of carbonyl (C=O) groups is 1. The maximum atomic E-state index is 14.5. The maximum absolute atomic E-state index is 14.5. The number of nitro groups is 1. The Bertz CT molecular complexity index is 1720. The van der Waals surface area contributed by atoms with Crippen molar-refractivity contribution in [2.24, 2.45) is 5.41 Å². The molecule has 12 heteroatoms. The van der Waals surface area contributed by atoms with Gasteiger partial charge in [0.05, 0.1) is 22.0 Å². The zero-order valence-corrected chi connectivity index (χ0v) is 28.6. The molecule has 3 N–H and O–H groups in total. The van der Waals surface area contributed by atoms with Crippen molar-refractivity contribution in [2.45, 2.75) is 56.8 Å². The van der Waals surface area contributed by atoms with E-state index in [9.17, 15) is 33.5 Å². The Hall–Kier alpha value is -4.62. The summed E-state index contributed by atoms with van der Waals surface area (Å²) in [6.07, 6.45) is -2.16. The lowest BCUT2D eigenvalue weighted by atomic mass is 9.87. The van der Waals surface area contributed by atoms with Crippen LogP contribution in [0.5, 0.6) is 0 Å². The Morgan fingerprint density at radius 3 is 1.90 bits per heavy atom. The first-order valence-corrected chi connectivity index (χ1v) is 17.5. The van der Waals surface area contributed by atoms with Crippen molar-refractivity contribution in [1.82, 2.24) is 14.5 Å². The topological polar surface area (TPSA) is 153 Å². The molecule has 49 heavy (non-hydrogen) atoms. The van der Waals surface area contributed by atoms with Gasteiger partial charge < -0.3 is 15.5 Å². The van der Waals surface area contributed by atoms with Crippen molar-refractivity contribution in [3.05, 3.63) is 142 Å². The van der Waals surface area contributed by atoms with Crippen molar-refractivity contribution < 1.29 is 28.3 Å². The summed E-state index contributed by atoms with van der Waals surface area (Å²) in [5, 5.41) is 34.5. The summed E-state index contributed by atoms with van der Waals surface area (Å²) in [6.45, 7) is 5.41. The highest BCUT2D eigenvalue weighted by atomic mass is 32.2. The van der Waals surface area contributed by atoms with Crippen LogP contribution in [0.15, 0.2) is 120 Å². The number of nitrogens with one attached hydrogen (secondary N) is 1. The predicted molar refractivity (Wildman–Crippen MR) is 188 cm³/mol. The molecule has 0 aliphatic rings. The molecule has 2 unspecified atom stereocenters. The fraction of sp³-hybridized carbons (Fsp3) is 0.324. The molecule has 11 nitrogen and oxygen atoms in total. The lowest BCUT2D eigenvalue weighted by molar-refractivity contribution is -0.385. The van der Waals surface area contributed by atoms with Gasteiger partial charge >= 0.3 is 6.09 Å². The van der Waals surface area contributed by atoms with E-state index < -0.39 is 45.1 Å². The number of aliphatic hydroxyl groups excluding tert-OH is 1. The van der Waals surface area contributed by atoms with Crippen LogP contribution in [0.25, 0.3) is 0 Å². The summed E-state index contributed by atoms with van der Waals surface area (Å²) in [5.41, 5.74) is 1.97. The molecular formula is C37H44N4O7S. The highest BCUT2D eigenvalue weighted by Gasteiger charge is 2.40. The molecule has 0 saturated carbocycles. The largest absolute Gasteiger partial charge is 0.465 e. The number of amides is 1. The van der Waals surface area contributed by atoms with Gasteiger partial charge in [0, 0.05) is 38.3 Å². The molecule has 0 spiro atoms. The second-order valence-electron chi connectivity index (χ2n) is 12.9. The number of sulfonamides is 1. The normalized spacial score (nSPS) is 13.2. The van der Waals surface area contributed by atoms with E-state index in [0.717, 1.165) is 22.8 Å². The molecule has 0 heterocycles. The Morgan fingerprint density at radius 2 is 1.39 bits per heavy atom. The highest BCUT2D eigenvalue weighted by molar-refractivity contribution is 7.89. The number of nitrogens with zero attached hydrogens (tertiary/aromatic N) is 3. The standard InChI is InChI=1S/C37H44N4O7S/c1-37(2,21-22-39(26-30-15-8-4-9-16-30)27-31-17-10-5-11-18-31)28-40(49(47,48)33-20-12-19-32(24-33)41(45)46)34(35(42)25-38-36(43)44)23-29-13-6-3-7-14-29/h3-20,24,34-35,38,42H,21-23,25-28H2,1-2H3,(H,43,44). The first-order chi connectivity index (χ1) is 23.3. The molecule has 260 valence electrons. The first kappa shape index (κ1) is 37.2. The molecule has 2 atom stereocenters. The van der Waals surface area contributed by atoms with Crippen LogP contribution in [0.4, 0.5) is 10.5 Å². The average molecular weight is 689 g/mol. The predicted octanol–water partition coefficient (Wildman–Crippen LogP) is 5.94.